The number of aliphatic carboxylic acids is 1. The zero-order valence-corrected chi connectivity index (χ0v) is 10.8. The van der Waals surface area contributed by atoms with Gasteiger partial charge in [0.15, 0.2) is 0 Å². The van der Waals surface area contributed by atoms with Crippen LogP contribution in [0, 0.1) is 0 Å². The molecule has 1 heterocycles. The van der Waals surface area contributed by atoms with Crippen LogP contribution in [0.25, 0.3) is 0 Å². The van der Waals surface area contributed by atoms with Crippen LogP contribution in [0.15, 0.2) is 12.1 Å². The maximum absolute atomic E-state index is 11.3. The van der Waals surface area contributed by atoms with Gasteiger partial charge in [-0.25, -0.2) is 0 Å². The lowest BCUT2D eigenvalue weighted by Crippen LogP contribution is -2.25. The third kappa shape index (κ3) is 6.28. The number of carbonyl (C=O) groups is 2. The number of amides is 1. The fraction of sp³-hybridized carbons (Fsp3) is 0.455. The van der Waals surface area contributed by atoms with E-state index in [0.29, 0.717) is 13.0 Å². The lowest BCUT2D eigenvalue weighted by Gasteiger charge is -2.03. The Kier molecular flexibility index (Phi) is 6.00. The average molecular weight is 276 g/mol. The van der Waals surface area contributed by atoms with E-state index in [9.17, 15) is 9.59 Å². The molecule has 94 valence electrons. The monoisotopic (exact) mass is 275 g/mol. The van der Waals surface area contributed by atoms with E-state index in [1.807, 2.05) is 12.1 Å². The van der Waals surface area contributed by atoms with Crippen molar-refractivity contribution < 1.29 is 14.7 Å². The standard InChI is InChI=1S/C11H14ClNO3S/c12-9-5-4-8(17-9)6-7-13-10(14)2-1-3-11(15)16/h4-5H,1-3,6-7H2,(H,13,14)(H,15,16). The molecular weight excluding hydrogens is 262 g/mol. The van der Waals surface area contributed by atoms with E-state index >= 15 is 0 Å². The van der Waals surface area contributed by atoms with Crippen molar-refractivity contribution in [2.75, 3.05) is 6.54 Å². The number of carboxylic acids is 1. The summed E-state index contributed by atoms with van der Waals surface area (Å²) in [6.45, 7) is 0.558. The summed E-state index contributed by atoms with van der Waals surface area (Å²) in [6.07, 6.45) is 1.43. The van der Waals surface area contributed by atoms with E-state index in [0.717, 1.165) is 15.6 Å². The summed E-state index contributed by atoms with van der Waals surface area (Å²) >= 11 is 7.27. The molecule has 1 amide bonds. The molecular formula is C11H14ClNO3S. The van der Waals surface area contributed by atoms with Gasteiger partial charge >= 0.3 is 5.97 Å². The normalized spacial score (nSPS) is 10.2. The maximum Gasteiger partial charge on any atom is 0.303 e. The molecule has 0 fully saturated rings. The maximum atomic E-state index is 11.3. The van der Waals surface area contributed by atoms with Crippen molar-refractivity contribution in [2.24, 2.45) is 0 Å². The molecule has 0 aliphatic rings. The molecule has 0 radical (unpaired) electrons. The van der Waals surface area contributed by atoms with Crippen LogP contribution in [0.1, 0.15) is 24.1 Å². The van der Waals surface area contributed by atoms with Gasteiger partial charge in [0.05, 0.1) is 4.34 Å². The molecule has 17 heavy (non-hydrogen) atoms. The number of carbonyl (C=O) groups excluding carboxylic acids is 1. The highest BCUT2D eigenvalue weighted by Crippen LogP contribution is 2.21. The summed E-state index contributed by atoms with van der Waals surface area (Å²) in [5, 5.41) is 11.2. The first kappa shape index (κ1) is 14.0. The van der Waals surface area contributed by atoms with Gasteiger partial charge < -0.3 is 10.4 Å². The molecule has 0 saturated heterocycles. The predicted molar refractivity (Wildman–Crippen MR) is 67.5 cm³/mol. The van der Waals surface area contributed by atoms with E-state index in [-0.39, 0.29) is 18.7 Å². The van der Waals surface area contributed by atoms with Gasteiger partial charge in [-0.15, -0.1) is 11.3 Å². The molecule has 0 saturated carbocycles. The lowest BCUT2D eigenvalue weighted by atomic mass is 10.2. The van der Waals surface area contributed by atoms with Gasteiger partial charge in [-0.3, -0.25) is 9.59 Å². The van der Waals surface area contributed by atoms with Crippen LogP contribution in [0.3, 0.4) is 0 Å². The van der Waals surface area contributed by atoms with Gasteiger partial charge in [0, 0.05) is 24.3 Å². The SMILES string of the molecule is O=C(O)CCCC(=O)NCCc1ccc(Cl)s1. The second-order valence-electron chi connectivity index (χ2n) is 3.55. The molecule has 1 rings (SSSR count). The predicted octanol–water partition coefficient (Wildman–Crippen LogP) is 2.32. The van der Waals surface area contributed by atoms with Gasteiger partial charge in [0.2, 0.25) is 5.91 Å². The molecule has 0 unspecified atom stereocenters. The van der Waals surface area contributed by atoms with Crippen molar-refractivity contribution in [3.05, 3.63) is 21.3 Å². The largest absolute Gasteiger partial charge is 0.481 e. The molecule has 0 aromatic carbocycles. The second-order valence-corrected chi connectivity index (χ2v) is 5.35. The van der Waals surface area contributed by atoms with Gasteiger partial charge in [0.1, 0.15) is 0 Å². The zero-order valence-electron chi connectivity index (χ0n) is 9.24. The topological polar surface area (TPSA) is 66.4 Å². The van der Waals surface area contributed by atoms with E-state index < -0.39 is 5.97 Å². The Labute approximate surface area is 109 Å². The number of hydrogen-bond acceptors (Lipinski definition) is 3. The third-order valence-corrected chi connectivity index (χ3v) is 3.41. The van der Waals surface area contributed by atoms with Gasteiger partial charge in [-0.1, -0.05) is 11.6 Å². The summed E-state index contributed by atoms with van der Waals surface area (Å²) in [7, 11) is 0. The van der Waals surface area contributed by atoms with Crippen LogP contribution in [0.4, 0.5) is 0 Å². The summed E-state index contributed by atoms with van der Waals surface area (Å²) in [6, 6.07) is 3.76. The molecule has 1 aromatic rings. The number of carboxylic acid groups (broad SMARTS) is 1. The molecule has 2 N–H and O–H groups in total. The molecule has 1 aromatic heterocycles. The van der Waals surface area contributed by atoms with Crippen LogP contribution >= 0.6 is 22.9 Å². The van der Waals surface area contributed by atoms with Crippen molar-refractivity contribution >= 4 is 34.8 Å². The molecule has 0 aliphatic heterocycles. The minimum atomic E-state index is -0.869. The minimum absolute atomic E-state index is 0.0357. The van der Waals surface area contributed by atoms with Crippen LogP contribution in [-0.4, -0.2) is 23.5 Å². The van der Waals surface area contributed by atoms with Crippen LogP contribution < -0.4 is 5.32 Å². The fourth-order valence-corrected chi connectivity index (χ4v) is 2.39. The van der Waals surface area contributed by atoms with Crippen molar-refractivity contribution in [3.8, 4) is 0 Å². The molecule has 0 spiro atoms. The first-order chi connectivity index (χ1) is 8.08. The molecule has 4 nitrogen and oxygen atoms in total. The number of nitrogens with one attached hydrogen (secondary N) is 1. The van der Waals surface area contributed by atoms with E-state index in [1.165, 1.54) is 11.3 Å². The van der Waals surface area contributed by atoms with Crippen LogP contribution in [0.2, 0.25) is 4.34 Å². The van der Waals surface area contributed by atoms with Crippen LogP contribution in [0.5, 0.6) is 0 Å². The molecule has 0 bridgehead atoms. The second kappa shape index (κ2) is 7.29. The van der Waals surface area contributed by atoms with Crippen molar-refractivity contribution in [1.29, 1.82) is 0 Å². The fourth-order valence-electron chi connectivity index (χ4n) is 1.30. The van der Waals surface area contributed by atoms with Gasteiger partial charge in [-0.05, 0) is 25.0 Å². The molecule has 6 heteroatoms. The smallest absolute Gasteiger partial charge is 0.303 e. The lowest BCUT2D eigenvalue weighted by molar-refractivity contribution is -0.137. The Morgan fingerprint density at radius 1 is 1.35 bits per heavy atom. The Morgan fingerprint density at radius 2 is 2.12 bits per heavy atom. The summed E-state index contributed by atoms with van der Waals surface area (Å²) in [5.41, 5.74) is 0. The summed E-state index contributed by atoms with van der Waals surface area (Å²) in [4.78, 5) is 22.7. The zero-order chi connectivity index (χ0) is 12.7. The summed E-state index contributed by atoms with van der Waals surface area (Å²) in [5.74, 6) is -0.972. The Bertz CT molecular complexity index is 392. The van der Waals surface area contributed by atoms with Gasteiger partial charge in [0.25, 0.3) is 0 Å². The third-order valence-electron chi connectivity index (χ3n) is 2.12. The first-order valence-electron chi connectivity index (χ1n) is 5.30. The number of hydrogen-bond donors (Lipinski definition) is 2. The highest BCUT2D eigenvalue weighted by atomic mass is 35.5. The summed E-state index contributed by atoms with van der Waals surface area (Å²) < 4.78 is 0.743. The first-order valence-corrected chi connectivity index (χ1v) is 6.50. The minimum Gasteiger partial charge on any atom is -0.481 e. The highest BCUT2D eigenvalue weighted by molar-refractivity contribution is 7.16. The highest BCUT2D eigenvalue weighted by Gasteiger charge is 2.04. The average Bonchev–Trinajstić information content (AvgIpc) is 2.63. The molecule has 0 atom stereocenters. The van der Waals surface area contributed by atoms with Crippen molar-refractivity contribution in [3.63, 3.8) is 0 Å². The Morgan fingerprint density at radius 3 is 2.71 bits per heavy atom. The van der Waals surface area contributed by atoms with Crippen LogP contribution in [-0.2, 0) is 16.0 Å². The number of thiophene rings is 1. The Balaban J connectivity index is 2.10. The number of rotatable bonds is 7. The van der Waals surface area contributed by atoms with E-state index in [4.69, 9.17) is 16.7 Å². The Hall–Kier alpha value is -1.07. The number of halogens is 1. The van der Waals surface area contributed by atoms with E-state index in [2.05, 4.69) is 5.32 Å². The van der Waals surface area contributed by atoms with E-state index in [1.54, 1.807) is 0 Å². The van der Waals surface area contributed by atoms with Crippen molar-refractivity contribution in [2.45, 2.75) is 25.7 Å². The quantitative estimate of drug-likeness (QED) is 0.802. The van der Waals surface area contributed by atoms with Crippen molar-refractivity contribution in [1.82, 2.24) is 5.32 Å². The van der Waals surface area contributed by atoms with Gasteiger partial charge in [-0.2, -0.15) is 0 Å². The molecule has 0 aliphatic carbocycles.